The van der Waals surface area contributed by atoms with Crippen LogP contribution < -0.4 is 4.90 Å². The SMILES string of the molecule is O=C(O)c1ccc(N2C(=O)C(=Cc3cccc(-c4cc(C(F)(F)F)nc(C(F)(F)F)c4)n3)SC2=S)cc1O. The quantitative estimate of drug-likeness (QED) is 0.224. The van der Waals surface area contributed by atoms with E-state index in [0.29, 0.717) is 12.1 Å². The Labute approximate surface area is 218 Å². The number of aromatic nitrogens is 2. The number of phenols is 1. The van der Waals surface area contributed by atoms with Gasteiger partial charge in [-0.2, -0.15) is 26.3 Å². The number of hydrogen-bond acceptors (Lipinski definition) is 7. The third kappa shape index (κ3) is 5.47. The minimum atomic E-state index is -5.14. The molecule has 4 rings (SSSR count). The molecule has 1 aliphatic heterocycles. The summed E-state index contributed by atoms with van der Waals surface area (Å²) in [5, 5.41) is 19.0. The predicted octanol–water partition coefficient (Wildman–Crippen LogP) is 5.99. The Balaban J connectivity index is 1.69. The third-order valence-electron chi connectivity index (χ3n) is 5.02. The lowest BCUT2D eigenvalue weighted by Crippen LogP contribution is -2.27. The largest absolute Gasteiger partial charge is 0.507 e. The van der Waals surface area contributed by atoms with E-state index >= 15 is 0 Å². The summed E-state index contributed by atoms with van der Waals surface area (Å²) in [6.07, 6.45) is -9.04. The van der Waals surface area contributed by atoms with Gasteiger partial charge in [-0.1, -0.05) is 30.0 Å². The van der Waals surface area contributed by atoms with Gasteiger partial charge in [0, 0.05) is 11.6 Å². The average molecular weight is 571 g/mol. The zero-order valence-electron chi connectivity index (χ0n) is 18.3. The molecule has 1 fully saturated rings. The van der Waals surface area contributed by atoms with E-state index < -0.39 is 52.5 Å². The Morgan fingerprint density at radius 3 is 2.16 bits per heavy atom. The van der Waals surface area contributed by atoms with Crippen molar-refractivity contribution in [3.05, 3.63) is 76.1 Å². The van der Waals surface area contributed by atoms with Gasteiger partial charge in [-0.25, -0.2) is 14.8 Å². The Hall–Kier alpha value is -3.98. The summed E-state index contributed by atoms with van der Waals surface area (Å²) in [7, 11) is 0. The maximum Gasteiger partial charge on any atom is 0.433 e. The van der Waals surface area contributed by atoms with Gasteiger partial charge in [0.25, 0.3) is 5.91 Å². The molecule has 3 aromatic rings. The van der Waals surface area contributed by atoms with Crippen LogP contribution in [0.15, 0.2) is 53.4 Å². The second kappa shape index (κ2) is 9.72. The molecule has 2 aromatic heterocycles. The number of thioether (sulfide) groups is 1. The molecule has 1 aromatic carbocycles. The number of benzene rings is 1. The number of amides is 1. The normalized spacial score (nSPS) is 15.4. The molecule has 15 heteroatoms. The van der Waals surface area contributed by atoms with E-state index in [1.165, 1.54) is 30.3 Å². The molecule has 1 amide bonds. The molecular formula is C23H11F6N3O4S2. The monoisotopic (exact) mass is 571 g/mol. The van der Waals surface area contributed by atoms with Crippen LogP contribution in [-0.2, 0) is 17.1 Å². The molecule has 0 radical (unpaired) electrons. The number of thiocarbonyl (C=S) groups is 1. The zero-order chi connectivity index (χ0) is 28.0. The molecule has 2 N–H and O–H groups in total. The van der Waals surface area contributed by atoms with Crippen molar-refractivity contribution >= 4 is 51.9 Å². The van der Waals surface area contributed by atoms with Gasteiger partial charge in [-0.05, 0) is 42.5 Å². The smallest absolute Gasteiger partial charge is 0.433 e. The first kappa shape index (κ1) is 27.1. The van der Waals surface area contributed by atoms with Gasteiger partial charge >= 0.3 is 18.3 Å². The van der Waals surface area contributed by atoms with Gasteiger partial charge in [0.15, 0.2) is 4.32 Å². The van der Waals surface area contributed by atoms with Crippen molar-refractivity contribution in [2.45, 2.75) is 12.4 Å². The van der Waals surface area contributed by atoms with Crippen LogP contribution in [0, 0.1) is 0 Å². The molecule has 3 heterocycles. The van der Waals surface area contributed by atoms with Crippen LogP contribution in [-0.4, -0.2) is 36.4 Å². The molecule has 1 saturated heterocycles. The summed E-state index contributed by atoms with van der Waals surface area (Å²) in [5.74, 6) is -2.65. The molecule has 0 saturated carbocycles. The van der Waals surface area contributed by atoms with Crippen molar-refractivity contribution in [1.29, 1.82) is 0 Å². The summed E-state index contributed by atoms with van der Waals surface area (Å²) < 4.78 is 79.1. The van der Waals surface area contributed by atoms with Gasteiger partial charge < -0.3 is 10.2 Å². The number of anilines is 1. The predicted molar refractivity (Wildman–Crippen MR) is 128 cm³/mol. The molecule has 0 unspecified atom stereocenters. The van der Waals surface area contributed by atoms with E-state index in [2.05, 4.69) is 9.97 Å². The van der Waals surface area contributed by atoms with E-state index in [1.54, 1.807) is 0 Å². The number of carboxylic acid groups (broad SMARTS) is 1. The first-order valence-corrected chi connectivity index (χ1v) is 11.4. The molecule has 0 bridgehead atoms. The minimum absolute atomic E-state index is 0.0168. The maximum atomic E-state index is 13.2. The highest BCUT2D eigenvalue weighted by Crippen LogP contribution is 2.39. The van der Waals surface area contributed by atoms with Crippen molar-refractivity contribution < 1.29 is 46.1 Å². The molecule has 7 nitrogen and oxygen atoms in total. The minimum Gasteiger partial charge on any atom is -0.507 e. The standard InChI is InChI=1S/C23H11F6N3O4S2/c24-22(25,26)17-6-10(7-18(31-17)23(27,28)29)14-3-1-2-11(30-14)8-16-19(34)32(21(37)38-16)12-4-5-13(20(35)36)15(33)9-12/h1-9,33H,(H,35,36). The summed E-state index contributed by atoms with van der Waals surface area (Å²) in [4.78, 5) is 31.9. The Kier molecular flexibility index (Phi) is 6.92. The Morgan fingerprint density at radius 2 is 1.61 bits per heavy atom. The van der Waals surface area contributed by atoms with Crippen molar-refractivity contribution in [2.75, 3.05) is 4.90 Å². The number of carboxylic acids is 1. The van der Waals surface area contributed by atoms with Gasteiger partial charge in [0.1, 0.15) is 22.7 Å². The van der Waals surface area contributed by atoms with Gasteiger partial charge in [0.2, 0.25) is 0 Å². The third-order valence-corrected chi connectivity index (χ3v) is 6.32. The molecule has 0 spiro atoms. The van der Waals surface area contributed by atoms with E-state index in [1.807, 2.05) is 0 Å². The number of carbonyl (C=O) groups excluding carboxylic acids is 1. The van der Waals surface area contributed by atoms with Crippen LogP contribution in [0.4, 0.5) is 32.0 Å². The number of aromatic hydroxyl groups is 1. The topological polar surface area (TPSA) is 104 Å². The lowest BCUT2D eigenvalue weighted by molar-refractivity contribution is -0.150. The summed E-state index contributed by atoms with van der Waals surface area (Å²) >= 11 is 6.03. The van der Waals surface area contributed by atoms with Crippen LogP contribution in [0.1, 0.15) is 27.4 Å². The number of hydrogen-bond donors (Lipinski definition) is 2. The summed E-state index contributed by atoms with van der Waals surface area (Å²) in [6.45, 7) is 0. The average Bonchev–Trinajstić information content (AvgIpc) is 3.10. The van der Waals surface area contributed by atoms with Crippen molar-refractivity contribution in [2.24, 2.45) is 0 Å². The van der Waals surface area contributed by atoms with Crippen LogP contribution >= 0.6 is 24.0 Å². The number of halogens is 6. The Bertz CT molecular complexity index is 1490. The number of aromatic carboxylic acids is 1. The highest BCUT2D eigenvalue weighted by molar-refractivity contribution is 8.27. The second-order valence-corrected chi connectivity index (χ2v) is 9.27. The first-order valence-electron chi connectivity index (χ1n) is 10.1. The fourth-order valence-electron chi connectivity index (χ4n) is 3.33. The molecule has 1 aliphatic rings. The van der Waals surface area contributed by atoms with E-state index in [-0.39, 0.29) is 26.3 Å². The van der Waals surface area contributed by atoms with Gasteiger partial charge in [0.05, 0.1) is 22.0 Å². The number of rotatable bonds is 4. The van der Waals surface area contributed by atoms with Crippen LogP contribution in [0.25, 0.3) is 17.3 Å². The number of carbonyl (C=O) groups is 2. The fourth-order valence-corrected chi connectivity index (χ4v) is 4.61. The van der Waals surface area contributed by atoms with Crippen molar-refractivity contribution in [1.82, 2.24) is 9.97 Å². The highest BCUT2D eigenvalue weighted by Gasteiger charge is 2.39. The van der Waals surface area contributed by atoms with Gasteiger partial charge in [-0.15, -0.1) is 0 Å². The number of nitrogens with zero attached hydrogens (tertiary/aromatic N) is 3. The molecule has 38 heavy (non-hydrogen) atoms. The van der Waals surface area contributed by atoms with Crippen molar-refractivity contribution in [3.8, 4) is 17.0 Å². The van der Waals surface area contributed by atoms with Crippen LogP contribution in [0.5, 0.6) is 5.75 Å². The maximum absolute atomic E-state index is 13.2. The van der Waals surface area contributed by atoms with Crippen LogP contribution in [0.2, 0.25) is 0 Å². The second-order valence-electron chi connectivity index (χ2n) is 7.59. The lowest BCUT2D eigenvalue weighted by Gasteiger charge is -2.15. The molecular weight excluding hydrogens is 560 g/mol. The number of pyridine rings is 2. The number of alkyl halides is 6. The van der Waals surface area contributed by atoms with Crippen molar-refractivity contribution in [3.63, 3.8) is 0 Å². The summed E-state index contributed by atoms with van der Waals surface area (Å²) in [6, 6.07) is 8.16. The molecule has 0 aliphatic carbocycles. The Morgan fingerprint density at radius 1 is 0.974 bits per heavy atom. The fraction of sp³-hybridized carbons (Fsp3) is 0.0870. The van der Waals surface area contributed by atoms with E-state index in [0.717, 1.165) is 28.8 Å². The summed E-state index contributed by atoms with van der Waals surface area (Å²) in [5.41, 5.74) is -4.49. The van der Waals surface area contributed by atoms with Crippen LogP contribution in [0.3, 0.4) is 0 Å². The van der Waals surface area contributed by atoms with Gasteiger partial charge in [-0.3, -0.25) is 9.69 Å². The first-order chi connectivity index (χ1) is 17.6. The molecule has 196 valence electrons. The zero-order valence-corrected chi connectivity index (χ0v) is 20.0. The lowest BCUT2D eigenvalue weighted by atomic mass is 10.1. The highest BCUT2D eigenvalue weighted by atomic mass is 32.2. The molecule has 0 atom stereocenters. The van der Waals surface area contributed by atoms with E-state index in [4.69, 9.17) is 17.3 Å². The van der Waals surface area contributed by atoms with E-state index in [9.17, 15) is 41.0 Å².